The van der Waals surface area contributed by atoms with Gasteiger partial charge in [0.25, 0.3) is 0 Å². The van der Waals surface area contributed by atoms with Crippen molar-refractivity contribution in [3.63, 3.8) is 0 Å². The van der Waals surface area contributed by atoms with Gasteiger partial charge in [-0.05, 0) is 29.0 Å². The van der Waals surface area contributed by atoms with E-state index in [0.717, 1.165) is 34.2 Å². The van der Waals surface area contributed by atoms with Crippen molar-refractivity contribution in [3.05, 3.63) is 28.9 Å². The Hall–Kier alpha value is -1.33. The predicted octanol–water partition coefficient (Wildman–Crippen LogP) is 2.21. The van der Waals surface area contributed by atoms with Crippen molar-refractivity contribution in [2.24, 2.45) is 0 Å². The number of hydrogen-bond acceptors (Lipinski definition) is 2. The zero-order chi connectivity index (χ0) is 12.7. The lowest BCUT2D eigenvalue weighted by Gasteiger charge is -2.32. The van der Waals surface area contributed by atoms with E-state index in [4.69, 9.17) is 0 Å². The lowest BCUT2D eigenvalue weighted by Crippen LogP contribution is -2.49. The molecule has 3 rings (SSSR count). The van der Waals surface area contributed by atoms with Gasteiger partial charge in [0.1, 0.15) is 0 Å². The van der Waals surface area contributed by atoms with Crippen LogP contribution >= 0.6 is 15.9 Å². The number of nitrogens with zero attached hydrogens (tertiary/aromatic N) is 2. The smallest absolute Gasteiger partial charge is 0.241 e. The molecule has 1 aliphatic heterocycles. The Balaban J connectivity index is 2.06. The molecule has 0 saturated carbocycles. The Morgan fingerprint density at radius 3 is 2.94 bits per heavy atom. The first kappa shape index (κ1) is 11.7. The van der Waals surface area contributed by atoms with Crippen molar-refractivity contribution in [1.29, 1.82) is 0 Å². The van der Waals surface area contributed by atoms with Crippen molar-refractivity contribution in [3.8, 4) is 0 Å². The number of likely N-dealkylation sites (N-methyl/N-ethyl adjacent to an activating group) is 1. The molecule has 94 valence electrons. The number of piperazine rings is 1. The molecule has 1 fully saturated rings. The molecule has 1 aliphatic rings. The topological polar surface area (TPSA) is 39.3 Å². The highest BCUT2D eigenvalue weighted by molar-refractivity contribution is 9.10. The van der Waals surface area contributed by atoms with Gasteiger partial charge in [0.2, 0.25) is 5.91 Å². The summed E-state index contributed by atoms with van der Waals surface area (Å²) in [5.41, 5.74) is 1.98. The van der Waals surface area contributed by atoms with Crippen LogP contribution in [0.1, 0.15) is 0 Å². The first-order valence-electron chi connectivity index (χ1n) is 5.91. The number of fused-ring (bicyclic) bond motifs is 1. The van der Waals surface area contributed by atoms with Crippen molar-refractivity contribution in [1.82, 2.24) is 9.88 Å². The number of carbonyl (C=O) groups excluding carboxylic acids is 1. The van der Waals surface area contributed by atoms with Crippen LogP contribution in [0.2, 0.25) is 0 Å². The van der Waals surface area contributed by atoms with Gasteiger partial charge in [-0.25, -0.2) is 0 Å². The summed E-state index contributed by atoms with van der Waals surface area (Å²) in [6.07, 6.45) is 1.91. The van der Waals surface area contributed by atoms with Crippen LogP contribution in [0.5, 0.6) is 0 Å². The molecule has 0 spiro atoms. The number of amides is 1. The molecule has 0 radical (unpaired) electrons. The average molecular weight is 308 g/mol. The molecule has 1 N–H and O–H groups in total. The van der Waals surface area contributed by atoms with E-state index < -0.39 is 0 Å². The Bertz CT molecular complexity index is 607. The summed E-state index contributed by atoms with van der Waals surface area (Å²) < 4.78 is 1.03. The molecule has 1 saturated heterocycles. The van der Waals surface area contributed by atoms with Crippen LogP contribution in [0.25, 0.3) is 10.9 Å². The highest BCUT2D eigenvalue weighted by Gasteiger charge is 2.24. The van der Waals surface area contributed by atoms with Gasteiger partial charge in [-0.1, -0.05) is 12.1 Å². The maximum atomic E-state index is 12.1. The van der Waals surface area contributed by atoms with E-state index in [9.17, 15) is 4.79 Å². The van der Waals surface area contributed by atoms with Gasteiger partial charge < -0.3 is 9.88 Å². The maximum absolute atomic E-state index is 12.1. The van der Waals surface area contributed by atoms with Gasteiger partial charge >= 0.3 is 0 Å². The summed E-state index contributed by atoms with van der Waals surface area (Å²) in [6.45, 7) is 2.13. The minimum Gasteiger partial charge on any atom is -0.358 e. The third kappa shape index (κ3) is 1.83. The summed E-state index contributed by atoms with van der Waals surface area (Å²) in [5, 5.41) is 1.11. The summed E-state index contributed by atoms with van der Waals surface area (Å²) in [4.78, 5) is 19.3. The zero-order valence-corrected chi connectivity index (χ0v) is 11.7. The molecule has 0 aliphatic carbocycles. The summed E-state index contributed by atoms with van der Waals surface area (Å²) >= 11 is 3.51. The highest BCUT2D eigenvalue weighted by Crippen LogP contribution is 2.31. The fourth-order valence-electron chi connectivity index (χ4n) is 2.37. The minimum atomic E-state index is 0.155. The number of para-hydroxylation sites is 1. The third-order valence-corrected chi connectivity index (χ3v) is 4.00. The van der Waals surface area contributed by atoms with E-state index in [-0.39, 0.29) is 5.91 Å². The van der Waals surface area contributed by atoms with E-state index in [1.807, 2.05) is 41.2 Å². The minimum absolute atomic E-state index is 0.155. The summed E-state index contributed by atoms with van der Waals surface area (Å²) in [7, 11) is 1.97. The molecule has 2 heterocycles. The molecule has 5 heteroatoms. The van der Waals surface area contributed by atoms with Crippen LogP contribution in [0, 0.1) is 0 Å². The number of halogens is 1. The molecule has 0 atom stereocenters. The van der Waals surface area contributed by atoms with Crippen LogP contribution in [0.3, 0.4) is 0 Å². The predicted molar refractivity (Wildman–Crippen MR) is 75.8 cm³/mol. The van der Waals surface area contributed by atoms with Gasteiger partial charge in [-0.3, -0.25) is 9.69 Å². The van der Waals surface area contributed by atoms with Gasteiger partial charge in [-0.15, -0.1) is 0 Å². The Morgan fingerprint density at radius 2 is 2.17 bits per heavy atom. The number of nitrogens with one attached hydrogen (secondary N) is 1. The maximum Gasteiger partial charge on any atom is 0.241 e. The first-order valence-corrected chi connectivity index (χ1v) is 6.70. The van der Waals surface area contributed by atoms with Crippen LogP contribution in [0.4, 0.5) is 5.69 Å². The molecule has 1 aromatic heterocycles. The van der Waals surface area contributed by atoms with Gasteiger partial charge in [0.05, 0.1) is 17.7 Å². The number of anilines is 1. The van der Waals surface area contributed by atoms with E-state index in [1.54, 1.807) is 0 Å². The van der Waals surface area contributed by atoms with Crippen molar-refractivity contribution < 1.29 is 4.79 Å². The lowest BCUT2D eigenvalue weighted by molar-refractivity contribution is -0.120. The molecule has 4 nitrogen and oxygen atoms in total. The summed E-state index contributed by atoms with van der Waals surface area (Å²) in [6, 6.07) is 6.02. The van der Waals surface area contributed by atoms with Crippen molar-refractivity contribution >= 4 is 38.4 Å². The second-order valence-corrected chi connectivity index (χ2v) is 5.47. The van der Waals surface area contributed by atoms with Gasteiger partial charge in [0, 0.05) is 29.1 Å². The van der Waals surface area contributed by atoms with Crippen LogP contribution in [-0.4, -0.2) is 42.5 Å². The average Bonchev–Trinajstić information content (AvgIpc) is 2.72. The van der Waals surface area contributed by atoms with Crippen LogP contribution < -0.4 is 4.90 Å². The molecule has 0 bridgehead atoms. The van der Waals surface area contributed by atoms with Gasteiger partial charge in [0.15, 0.2) is 0 Å². The Labute approximate surface area is 114 Å². The first-order chi connectivity index (χ1) is 8.66. The number of benzene rings is 1. The van der Waals surface area contributed by atoms with E-state index >= 15 is 0 Å². The molecule has 2 aromatic rings. The Kier molecular flexibility index (Phi) is 2.87. The van der Waals surface area contributed by atoms with Crippen LogP contribution in [0.15, 0.2) is 28.9 Å². The summed E-state index contributed by atoms with van der Waals surface area (Å²) in [5.74, 6) is 0.155. The zero-order valence-electron chi connectivity index (χ0n) is 10.1. The SMILES string of the molecule is CN1CCN(c2cccc3c(Br)c[nH]c23)C(=O)C1. The second kappa shape index (κ2) is 4.40. The number of carbonyl (C=O) groups is 1. The lowest BCUT2D eigenvalue weighted by atomic mass is 10.2. The van der Waals surface area contributed by atoms with E-state index in [2.05, 4.69) is 20.9 Å². The molecule has 1 amide bonds. The molecule has 1 aromatic carbocycles. The number of rotatable bonds is 1. The van der Waals surface area contributed by atoms with E-state index in [0.29, 0.717) is 6.54 Å². The molecule has 18 heavy (non-hydrogen) atoms. The molecular formula is C13H14BrN3O. The molecular weight excluding hydrogens is 294 g/mol. The van der Waals surface area contributed by atoms with Crippen LogP contribution in [-0.2, 0) is 4.79 Å². The Morgan fingerprint density at radius 1 is 1.33 bits per heavy atom. The third-order valence-electron chi connectivity index (χ3n) is 3.35. The monoisotopic (exact) mass is 307 g/mol. The number of H-pyrrole nitrogens is 1. The highest BCUT2D eigenvalue weighted by atomic mass is 79.9. The molecule has 0 unspecified atom stereocenters. The largest absolute Gasteiger partial charge is 0.358 e. The second-order valence-electron chi connectivity index (χ2n) is 4.62. The van der Waals surface area contributed by atoms with Crippen molar-refractivity contribution in [2.45, 2.75) is 0 Å². The van der Waals surface area contributed by atoms with Crippen molar-refractivity contribution in [2.75, 3.05) is 31.6 Å². The number of aromatic nitrogens is 1. The number of aromatic amines is 1. The van der Waals surface area contributed by atoms with E-state index in [1.165, 1.54) is 0 Å². The number of hydrogen-bond donors (Lipinski definition) is 1. The fourth-order valence-corrected chi connectivity index (χ4v) is 2.82. The quantitative estimate of drug-likeness (QED) is 0.877. The van der Waals surface area contributed by atoms with Gasteiger partial charge in [-0.2, -0.15) is 0 Å². The normalized spacial score (nSPS) is 17.7. The fraction of sp³-hybridized carbons (Fsp3) is 0.308. The standard InChI is InChI=1S/C13H14BrN3O/c1-16-5-6-17(12(18)8-16)11-4-2-3-9-10(14)7-15-13(9)11/h2-4,7,15H,5-6,8H2,1H3.